The molecule has 2 aromatic heterocycles. The fourth-order valence-electron chi connectivity index (χ4n) is 2.64. The van der Waals surface area contributed by atoms with Crippen LogP contribution in [0.1, 0.15) is 23.8 Å². The molecule has 0 aromatic carbocycles. The molecule has 23 heavy (non-hydrogen) atoms. The summed E-state index contributed by atoms with van der Waals surface area (Å²) in [5.41, 5.74) is 1.70. The lowest BCUT2D eigenvalue weighted by Crippen LogP contribution is -2.30. The molecule has 9 heteroatoms. The van der Waals surface area contributed by atoms with E-state index in [1.165, 1.54) is 33.1 Å². The highest BCUT2D eigenvalue weighted by Gasteiger charge is 2.49. The van der Waals surface area contributed by atoms with Crippen LogP contribution in [0.2, 0.25) is 0 Å². The molecule has 0 spiro atoms. The van der Waals surface area contributed by atoms with Crippen molar-refractivity contribution in [2.24, 2.45) is 5.92 Å². The second-order valence-corrected chi connectivity index (χ2v) is 8.65. The van der Waals surface area contributed by atoms with Crippen molar-refractivity contribution in [3.05, 3.63) is 37.6 Å². The van der Waals surface area contributed by atoms with Crippen LogP contribution in [0.25, 0.3) is 0 Å². The van der Waals surface area contributed by atoms with Gasteiger partial charge in [-0.05, 0) is 40.9 Å². The van der Waals surface area contributed by atoms with E-state index >= 15 is 0 Å². The lowest BCUT2D eigenvalue weighted by molar-refractivity contribution is -0.118. The van der Waals surface area contributed by atoms with Gasteiger partial charge in [-0.1, -0.05) is 11.3 Å². The fraction of sp³-hybridized carbons (Fsp3) is 0.286. The van der Waals surface area contributed by atoms with Gasteiger partial charge in [0, 0.05) is 10.8 Å². The fourth-order valence-corrected chi connectivity index (χ4v) is 4.75. The predicted octanol–water partition coefficient (Wildman–Crippen LogP) is 3.24. The van der Waals surface area contributed by atoms with E-state index in [1.54, 1.807) is 0 Å². The van der Waals surface area contributed by atoms with Crippen molar-refractivity contribution in [3.63, 3.8) is 0 Å². The Labute approximate surface area is 147 Å². The van der Waals surface area contributed by atoms with Crippen LogP contribution in [-0.2, 0) is 9.59 Å². The summed E-state index contributed by atoms with van der Waals surface area (Å²) >= 11 is 6.02. The quantitative estimate of drug-likeness (QED) is 0.834. The summed E-state index contributed by atoms with van der Waals surface area (Å²) in [5.74, 6) is -1.29. The minimum absolute atomic E-state index is 0.0831. The number of nitrogens with zero attached hydrogens (tertiary/aromatic N) is 3. The van der Waals surface area contributed by atoms with Gasteiger partial charge in [0.2, 0.25) is 5.13 Å². The highest BCUT2D eigenvalue weighted by Crippen LogP contribution is 2.47. The summed E-state index contributed by atoms with van der Waals surface area (Å²) in [5, 5.41) is 18.4. The molecule has 2 aliphatic rings. The van der Waals surface area contributed by atoms with E-state index in [2.05, 4.69) is 26.1 Å². The Hall–Kier alpha value is -1.58. The maximum atomic E-state index is 12.6. The molecule has 1 saturated carbocycles. The molecule has 1 aliphatic carbocycles. The smallest absolute Gasteiger partial charge is 0.296 e. The maximum Gasteiger partial charge on any atom is 0.296 e. The highest BCUT2D eigenvalue weighted by atomic mass is 79.9. The zero-order chi connectivity index (χ0) is 16.1. The largest absolute Gasteiger partial charge is 0.503 e. The molecular formula is C14H10BrN3O3S2. The van der Waals surface area contributed by atoms with Crippen LogP contribution < -0.4 is 4.90 Å². The maximum absolute atomic E-state index is 12.6. The van der Waals surface area contributed by atoms with Gasteiger partial charge < -0.3 is 5.11 Å². The van der Waals surface area contributed by atoms with Crippen molar-refractivity contribution < 1.29 is 14.7 Å². The van der Waals surface area contributed by atoms with Gasteiger partial charge in [0.15, 0.2) is 11.5 Å². The third-order valence-corrected chi connectivity index (χ3v) is 6.20. The first-order valence-corrected chi connectivity index (χ1v) is 9.39. The minimum atomic E-state index is -0.639. The molecule has 1 unspecified atom stereocenters. The standard InChI is InChI=1S/C14H10BrN3O3S2/c15-8-4-3-7(23-8)10-9(11(19)6-1-2-6)12(20)13(21)18(10)14-17-16-5-22-14/h3-6,10,20H,1-2H2. The number of Topliss-reactive ketones (excluding diaryl/α,β-unsaturated/α-hetero) is 1. The number of aliphatic hydroxyl groups is 1. The molecule has 4 rings (SSSR count). The lowest BCUT2D eigenvalue weighted by atomic mass is 9.99. The van der Waals surface area contributed by atoms with Gasteiger partial charge in [0.05, 0.1) is 9.36 Å². The number of carbonyl (C=O) groups is 2. The van der Waals surface area contributed by atoms with Crippen molar-refractivity contribution >= 4 is 55.4 Å². The average Bonchev–Trinajstić information content (AvgIpc) is 2.96. The Morgan fingerprint density at radius 3 is 2.74 bits per heavy atom. The zero-order valence-electron chi connectivity index (χ0n) is 11.6. The summed E-state index contributed by atoms with van der Waals surface area (Å²) in [6.45, 7) is 0. The summed E-state index contributed by atoms with van der Waals surface area (Å²) in [7, 11) is 0. The number of carbonyl (C=O) groups excluding carboxylic acids is 2. The zero-order valence-corrected chi connectivity index (χ0v) is 14.8. The van der Waals surface area contributed by atoms with Crippen LogP contribution in [0.4, 0.5) is 5.13 Å². The number of aliphatic hydroxyl groups excluding tert-OH is 1. The van der Waals surface area contributed by atoms with E-state index in [-0.39, 0.29) is 17.3 Å². The van der Waals surface area contributed by atoms with E-state index < -0.39 is 17.7 Å². The number of hydrogen-bond donors (Lipinski definition) is 1. The first-order chi connectivity index (χ1) is 11.1. The molecule has 3 heterocycles. The number of ketones is 1. The average molecular weight is 412 g/mol. The second kappa shape index (κ2) is 5.50. The summed E-state index contributed by atoms with van der Waals surface area (Å²) in [6, 6.07) is 3.07. The molecule has 118 valence electrons. The van der Waals surface area contributed by atoms with Gasteiger partial charge >= 0.3 is 0 Å². The van der Waals surface area contributed by atoms with Gasteiger partial charge in [-0.3, -0.25) is 14.5 Å². The van der Waals surface area contributed by atoms with Gasteiger partial charge in [-0.2, -0.15) is 0 Å². The van der Waals surface area contributed by atoms with Gasteiger partial charge in [0.1, 0.15) is 11.6 Å². The first-order valence-electron chi connectivity index (χ1n) is 6.90. The third kappa shape index (κ3) is 2.43. The molecular weight excluding hydrogens is 402 g/mol. The molecule has 6 nitrogen and oxygen atoms in total. The van der Waals surface area contributed by atoms with Crippen molar-refractivity contribution in [1.29, 1.82) is 0 Å². The summed E-state index contributed by atoms with van der Waals surface area (Å²) < 4.78 is 0.891. The Morgan fingerprint density at radius 1 is 1.39 bits per heavy atom. The molecule has 0 radical (unpaired) electrons. The van der Waals surface area contributed by atoms with Gasteiger partial charge in [0.25, 0.3) is 5.91 Å². The van der Waals surface area contributed by atoms with Gasteiger partial charge in [-0.15, -0.1) is 21.5 Å². The molecule has 1 N–H and O–H groups in total. The summed E-state index contributed by atoms with van der Waals surface area (Å²) in [4.78, 5) is 27.3. The number of hydrogen-bond acceptors (Lipinski definition) is 7. The van der Waals surface area contributed by atoms with E-state index in [4.69, 9.17) is 0 Å². The number of halogens is 1. The number of thiophene rings is 1. The Bertz CT molecular complexity index is 826. The predicted molar refractivity (Wildman–Crippen MR) is 89.5 cm³/mol. The monoisotopic (exact) mass is 411 g/mol. The van der Waals surface area contributed by atoms with Crippen LogP contribution in [0.15, 0.2) is 32.8 Å². The Balaban J connectivity index is 1.85. The second-order valence-electron chi connectivity index (χ2n) is 5.34. The van der Waals surface area contributed by atoms with Crippen LogP contribution in [0.5, 0.6) is 0 Å². The molecule has 1 amide bonds. The number of anilines is 1. The van der Waals surface area contributed by atoms with Crippen molar-refractivity contribution in [3.8, 4) is 0 Å². The molecule has 1 fully saturated rings. The molecule has 0 bridgehead atoms. The minimum Gasteiger partial charge on any atom is -0.503 e. The third-order valence-electron chi connectivity index (χ3n) is 3.84. The van der Waals surface area contributed by atoms with Crippen LogP contribution >= 0.6 is 38.6 Å². The van der Waals surface area contributed by atoms with Crippen LogP contribution in [0, 0.1) is 5.92 Å². The van der Waals surface area contributed by atoms with Gasteiger partial charge in [-0.25, -0.2) is 0 Å². The molecule has 0 saturated heterocycles. The van der Waals surface area contributed by atoms with Crippen molar-refractivity contribution in [2.75, 3.05) is 4.90 Å². The van der Waals surface area contributed by atoms with E-state index in [0.29, 0.717) is 5.13 Å². The normalized spacial score (nSPS) is 21.3. The Kier molecular flexibility index (Phi) is 3.58. The first kappa shape index (κ1) is 15.0. The van der Waals surface area contributed by atoms with E-state index in [9.17, 15) is 14.7 Å². The molecule has 1 aliphatic heterocycles. The van der Waals surface area contributed by atoms with Crippen molar-refractivity contribution in [2.45, 2.75) is 18.9 Å². The van der Waals surface area contributed by atoms with E-state index in [1.807, 2.05) is 12.1 Å². The number of amides is 1. The van der Waals surface area contributed by atoms with Crippen LogP contribution in [0.3, 0.4) is 0 Å². The van der Waals surface area contributed by atoms with Crippen LogP contribution in [-0.4, -0.2) is 27.0 Å². The Morgan fingerprint density at radius 2 is 2.17 bits per heavy atom. The highest BCUT2D eigenvalue weighted by molar-refractivity contribution is 9.11. The van der Waals surface area contributed by atoms with Crippen molar-refractivity contribution in [1.82, 2.24) is 10.2 Å². The summed E-state index contributed by atoms with van der Waals surface area (Å²) in [6.07, 6.45) is 1.62. The number of rotatable bonds is 4. The number of aromatic nitrogens is 2. The molecule has 2 aromatic rings. The molecule has 1 atom stereocenters. The SMILES string of the molecule is O=C(C1=C(O)C(=O)N(c2nncs2)C1c1ccc(Br)s1)C1CC1. The topological polar surface area (TPSA) is 83.4 Å². The lowest BCUT2D eigenvalue weighted by Gasteiger charge is -2.22. The van der Waals surface area contributed by atoms with E-state index in [0.717, 1.165) is 21.5 Å².